The molecule has 1 heterocycles. The lowest BCUT2D eigenvalue weighted by Gasteiger charge is -2.18. The minimum absolute atomic E-state index is 0.225. The van der Waals surface area contributed by atoms with Gasteiger partial charge in [0.05, 0.1) is 0 Å². The zero-order chi connectivity index (χ0) is 12.5. The van der Waals surface area contributed by atoms with E-state index in [4.69, 9.17) is 10.5 Å². The number of thiazole rings is 1. The number of ether oxygens (including phenoxy) is 1. The summed E-state index contributed by atoms with van der Waals surface area (Å²) in [5.41, 5.74) is 5.15. The van der Waals surface area contributed by atoms with Gasteiger partial charge in [-0.2, -0.15) is 0 Å². The summed E-state index contributed by atoms with van der Waals surface area (Å²) in [5.74, 6) is -0.196. The Kier molecular flexibility index (Phi) is 3.42. The van der Waals surface area contributed by atoms with Crippen LogP contribution in [0.25, 0.3) is 0 Å². The van der Waals surface area contributed by atoms with Crippen molar-refractivity contribution in [2.45, 2.75) is 26.4 Å². The molecule has 0 atom stereocenters. The van der Waals surface area contributed by atoms with E-state index >= 15 is 0 Å². The maximum absolute atomic E-state index is 11.8. The van der Waals surface area contributed by atoms with Gasteiger partial charge in [-0.3, -0.25) is 0 Å². The zero-order valence-electron chi connectivity index (χ0n) is 10.2. The predicted octanol–water partition coefficient (Wildman–Crippen LogP) is 1.75. The van der Waals surface area contributed by atoms with Gasteiger partial charge in [0.2, 0.25) is 0 Å². The molecule has 0 saturated heterocycles. The van der Waals surface area contributed by atoms with E-state index in [0.717, 1.165) is 0 Å². The second-order valence-corrected chi connectivity index (χ2v) is 5.58. The monoisotopic (exact) mass is 243 g/mol. The number of esters is 1. The Morgan fingerprint density at radius 3 is 2.38 bits per heavy atom. The van der Waals surface area contributed by atoms with E-state index in [1.54, 1.807) is 4.90 Å². The fourth-order valence-corrected chi connectivity index (χ4v) is 1.77. The summed E-state index contributed by atoms with van der Waals surface area (Å²) in [6.45, 7) is 5.44. The molecule has 0 aromatic carbocycles. The number of carbonyl (C=O) groups excluding carboxylic acids is 1. The normalized spacial score (nSPS) is 11.3. The number of nitrogen functional groups attached to an aromatic ring is 1. The first-order chi connectivity index (χ1) is 7.20. The first-order valence-electron chi connectivity index (χ1n) is 4.87. The van der Waals surface area contributed by atoms with E-state index in [-0.39, 0.29) is 5.82 Å². The molecule has 0 amide bonds. The standard InChI is InChI=1S/C10H17N3O2S/c1-10(2,3)15-8(14)6-7(11)12-9(16-6)13(4)5/h11H2,1-5H3. The largest absolute Gasteiger partial charge is 0.456 e. The molecule has 90 valence electrons. The van der Waals surface area contributed by atoms with Crippen molar-refractivity contribution in [3.05, 3.63) is 4.88 Å². The molecule has 0 saturated carbocycles. The number of nitrogens with two attached hydrogens (primary N) is 1. The summed E-state index contributed by atoms with van der Waals surface area (Å²) >= 11 is 1.23. The van der Waals surface area contributed by atoms with Crippen molar-refractivity contribution in [1.29, 1.82) is 0 Å². The summed E-state index contributed by atoms with van der Waals surface area (Å²) in [5, 5.41) is 0.693. The molecule has 0 aliphatic heterocycles. The molecule has 0 spiro atoms. The first kappa shape index (κ1) is 12.8. The second kappa shape index (κ2) is 4.29. The van der Waals surface area contributed by atoms with Crippen LogP contribution in [0.15, 0.2) is 0 Å². The maximum Gasteiger partial charge on any atom is 0.352 e. The lowest BCUT2D eigenvalue weighted by Crippen LogP contribution is -2.23. The third-order valence-electron chi connectivity index (χ3n) is 1.61. The van der Waals surface area contributed by atoms with Gasteiger partial charge in [0.15, 0.2) is 15.8 Å². The fourth-order valence-electron chi connectivity index (χ4n) is 0.982. The van der Waals surface area contributed by atoms with Gasteiger partial charge < -0.3 is 15.4 Å². The number of nitrogens with zero attached hydrogens (tertiary/aromatic N) is 2. The topological polar surface area (TPSA) is 68.5 Å². The molecule has 1 rings (SSSR count). The van der Waals surface area contributed by atoms with Crippen molar-refractivity contribution in [2.75, 3.05) is 24.7 Å². The molecule has 2 N–H and O–H groups in total. The Labute approximate surface area is 99.2 Å². The third kappa shape index (κ3) is 3.10. The predicted molar refractivity (Wildman–Crippen MR) is 66.0 cm³/mol. The van der Waals surface area contributed by atoms with Crippen molar-refractivity contribution in [2.24, 2.45) is 0 Å². The molecule has 5 nitrogen and oxygen atoms in total. The molecule has 6 heteroatoms. The Morgan fingerprint density at radius 1 is 1.44 bits per heavy atom. The van der Waals surface area contributed by atoms with Gasteiger partial charge in [-0.15, -0.1) is 0 Å². The number of anilines is 2. The van der Waals surface area contributed by atoms with Gasteiger partial charge in [-0.05, 0) is 20.8 Å². The SMILES string of the molecule is CN(C)c1nc(N)c(C(=O)OC(C)(C)C)s1. The van der Waals surface area contributed by atoms with E-state index in [1.807, 2.05) is 34.9 Å². The van der Waals surface area contributed by atoms with Crippen molar-refractivity contribution >= 4 is 28.3 Å². The molecular weight excluding hydrogens is 226 g/mol. The molecule has 16 heavy (non-hydrogen) atoms. The van der Waals surface area contributed by atoms with Crippen LogP contribution in [-0.2, 0) is 4.74 Å². The van der Waals surface area contributed by atoms with Crippen LogP contribution in [0.1, 0.15) is 30.4 Å². The third-order valence-corrected chi connectivity index (χ3v) is 2.83. The van der Waals surface area contributed by atoms with Crippen LogP contribution in [-0.4, -0.2) is 30.6 Å². The average molecular weight is 243 g/mol. The number of carbonyl (C=O) groups is 1. The van der Waals surface area contributed by atoms with Crippen LogP contribution in [0.5, 0.6) is 0 Å². The maximum atomic E-state index is 11.8. The van der Waals surface area contributed by atoms with Crippen LogP contribution < -0.4 is 10.6 Å². The number of hydrogen-bond donors (Lipinski definition) is 1. The Hall–Kier alpha value is -1.30. The summed E-state index contributed by atoms with van der Waals surface area (Å²) in [6, 6.07) is 0. The van der Waals surface area contributed by atoms with Crippen LogP contribution >= 0.6 is 11.3 Å². The van der Waals surface area contributed by atoms with Crippen LogP contribution in [0.2, 0.25) is 0 Å². The average Bonchev–Trinajstić information content (AvgIpc) is 2.44. The van der Waals surface area contributed by atoms with Crippen molar-refractivity contribution in [3.63, 3.8) is 0 Å². The highest BCUT2D eigenvalue weighted by Gasteiger charge is 2.23. The smallest absolute Gasteiger partial charge is 0.352 e. The number of hydrogen-bond acceptors (Lipinski definition) is 6. The van der Waals surface area contributed by atoms with E-state index in [0.29, 0.717) is 10.0 Å². The Bertz CT molecular complexity index is 393. The highest BCUT2D eigenvalue weighted by Crippen LogP contribution is 2.28. The first-order valence-corrected chi connectivity index (χ1v) is 5.69. The molecule has 0 aliphatic carbocycles. The Balaban J connectivity index is 2.92. The van der Waals surface area contributed by atoms with Gasteiger partial charge in [0.25, 0.3) is 0 Å². The molecule has 0 unspecified atom stereocenters. The van der Waals surface area contributed by atoms with Crippen molar-refractivity contribution in [1.82, 2.24) is 4.98 Å². The van der Waals surface area contributed by atoms with Crippen LogP contribution in [0, 0.1) is 0 Å². The van der Waals surface area contributed by atoms with E-state index < -0.39 is 11.6 Å². The molecule has 0 aliphatic rings. The number of rotatable bonds is 2. The highest BCUT2D eigenvalue weighted by atomic mass is 32.1. The fraction of sp³-hybridized carbons (Fsp3) is 0.600. The van der Waals surface area contributed by atoms with Gasteiger partial charge in [0.1, 0.15) is 5.60 Å². The minimum atomic E-state index is -0.522. The molecule has 0 bridgehead atoms. The Morgan fingerprint density at radius 2 is 2.00 bits per heavy atom. The van der Waals surface area contributed by atoms with Gasteiger partial charge in [-0.1, -0.05) is 11.3 Å². The van der Waals surface area contributed by atoms with Crippen molar-refractivity contribution in [3.8, 4) is 0 Å². The molecule has 1 aromatic rings. The van der Waals surface area contributed by atoms with Crippen LogP contribution in [0.3, 0.4) is 0 Å². The lowest BCUT2D eigenvalue weighted by molar-refractivity contribution is 0.00762. The van der Waals surface area contributed by atoms with Gasteiger partial charge >= 0.3 is 5.97 Å². The van der Waals surface area contributed by atoms with Crippen molar-refractivity contribution < 1.29 is 9.53 Å². The summed E-state index contributed by atoms with van der Waals surface area (Å²) in [6.07, 6.45) is 0. The second-order valence-electron chi connectivity index (χ2n) is 4.61. The lowest BCUT2D eigenvalue weighted by atomic mass is 10.2. The minimum Gasteiger partial charge on any atom is -0.456 e. The van der Waals surface area contributed by atoms with E-state index in [1.165, 1.54) is 11.3 Å². The van der Waals surface area contributed by atoms with Gasteiger partial charge in [-0.25, -0.2) is 9.78 Å². The van der Waals surface area contributed by atoms with Crippen LogP contribution in [0.4, 0.5) is 10.9 Å². The highest BCUT2D eigenvalue weighted by molar-refractivity contribution is 7.18. The van der Waals surface area contributed by atoms with E-state index in [9.17, 15) is 4.79 Å². The van der Waals surface area contributed by atoms with E-state index in [2.05, 4.69) is 4.98 Å². The summed E-state index contributed by atoms with van der Waals surface area (Å²) in [7, 11) is 3.69. The molecule has 0 fully saturated rings. The summed E-state index contributed by atoms with van der Waals surface area (Å²) in [4.78, 5) is 18.0. The zero-order valence-corrected chi connectivity index (χ0v) is 11.0. The summed E-state index contributed by atoms with van der Waals surface area (Å²) < 4.78 is 5.23. The number of aromatic nitrogens is 1. The van der Waals surface area contributed by atoms with Gasteiger partial charge in [0, 0.05) is 14.1 Å². The molecule has 1 aromatic heterocycles. The molecule has 0 radical (unpaired) electrons. The molecular formula is C10H17N3O2S. The quantitative estimate of drug-likeness (QED) is 0.801.